The van der Waals surface area contributed by atoms with Crippen molar-refractivity contribution in [1.82, 2.24) is 5.32 Å². The molecule has 2 aromatic rings. The Morgan fingerprint density at radius 1 is 1.14 bits per heavy atom. The van der Waals surface area contributed by atoms with E-state index >= 15 is 0 Å². The number of hydrogen-bond acceptors (Lipinski definition) is 3. The molecule has 1 atom stereocenters. The highest BCUT2D eigenvalue weighted by Crippen LogP contribution is 2.33. The van der Waals surface area contributed by atoms with Crippen molar-refractivity contribution in [2.45, 2.75) is 32.2 Å². The van der Waals surface area contributed by atoms with Gasteiger partial charge in [0, 0.05) is 41.9 Å². The molecule has 0 spiro atoms. The number of benzene rings is 2. The first-order valence-corrected chi connectivity index (χ1v) is 10.5. The van der Waals surface area contributed by atoms with Crippen LogP contribution in [-0.4, -0.2) is 31.6 Å². The molecule has 152 valence electrons. The lowest BCUT2D eigenvalue weighted by atomic mass is 9.98. The Morgan fingerprint density at radius 2 is 1.86 bits per heavy atom. The summed E-state index contributed by atoms with van der Waals surface area (Å²) in [5, 5.41) is 3.64. The number of amides is 2. The van der Waals surface area contributed by atoms with Crippen LogP contribution in [0.15, 0.2) is 42.5 Å². The molecule has 1 unspecified atom stereocenters. The molecule has 2 aromatic carbocycles. The summed E-state index contributed by atoms with van der Waals surface area (Å²) >= 11 is 5.89. The van der Waals surface area contributed by atoms with Crippen molar-refractivity contribution in [2.75, 3.05) is 24.7 Å². The van der Waals surface area contributed by atoms with Crippen molar-refractivity contribution in [3.05, 3.63) is 64.2 Å². The Bertz CT molecular complexity index is 907. The number of anilines is 1. The fourth-order valence-corrected chi connectivity index (χ4v) is 4.18. The van der Waals surface area contributed by atoms with Crippen LogP contribution in [0.5, 0.6) is 0 Å². The minimum Gasteiger partial charge on any atom is -0.381 e. The van der Waals surface area contributed by atoms with Gasteiger partial charge in [-0.2, -0.15) is 0 Å². The summed E-state index contributed by atoms with van der Waals surface area (Å²) in [5.74, 6) is 0.141. The van der Waals surface area contributed by atoms with E-state index in [1.807, 2.05) is 24.0 Å². The molecule has 1 saturated heterocycles. The van der Waals surface area contributed by atoms with Crippen molar-refractivity contribution in [3.8, 4) is 0 Å². The summed E-state index contributed by atoms with van der Waals surface area (Å²) in [6.45, 7) is 4.03. The van der Waals surface area contributed by atoms with E-state index in [0.717, 1.165) is 42.6 Å². The number of halogens is 1. The summed E-state index contributed by atoms with van der Waals surface area (Å²) in [6.07, 6.45) is 2.45. The summed E-state index contributed by atoms with van der Waals surface area (Å²) in [5.41, 5.74) is 3.78. The molecule has 2 aliphatic heterocycles. The van der Waals surface area contributed by atoms with Crippen LogP contribution in [-0.2, 0) is 16.0 Å². The zero-order valence-electron chi connectivity index (χ0n) is 16.5. The predicted octanol–water partition coefficient (Wildman–Crippen LogP) is 4.15. The third-order valence-electron chi connectivity index (χ3n) is 5.79. The van der Waals surface area contributed by atoms with E-state index in [4.69, 9.17) is 16.3 Å². The fraction of sp³-hybridized carbons (Fsp3) is 0.391. The molecule has 2 aliphatic rings. The highest BCUT2D eigenvalue weighted by atomic mass is 35.5. The quantitative estimate of drug-likeness (QED) is 0.820. The number of nitrogens with one attached hydrogen (secondary N) is 1. The maximum Gasteiger partial charge on any atom is 0.251 e. The first-order valence-electron chi connectivity index (χ1n) is 10.1. The van der Waals surface area contributed by atoms with Crippen LogP contribution in [0.4, 0.5) is 5.69 Å². The summed E-state index contributed by atoms with van der Waals surface area (Å²) in [4.78, 5) is 27.3. The van der Waals surface area contributed by atoms with Crippen molar-refractivity contribution in [3.63, 3.8) is 0 Å². The molecule has 6 heteroatoms. The summed E-state index contributed by atoms with van der Waals surface area (Å²) < 4.78 is 5.38. The maximum atomic E-state index is 12.9. The van der Waals surface area contributed by atoms with Gasteiger partial charge in [-0.05, 0) is 67.6 Å². The topological polar surface area (TPSA) is 58.6 Å². The standard InChI is InChI=1S/C23H25ClN2O3/c1-15(25-22(27)16-2-5-20(24)6-3-16)18-4-7-21-19(14-18)8-11-26(21)23(28)17-9-12-29-13-10-17/h2-7,14-15,17H,8-13H2,1H3,(H,25,27). The molecule has 0 aromatic heterocycles. The van der Waals surface area contributed by atoms with Crippen LogP contribution >= 0.6 is 11.6 Å². The highest BCUT2D eigenvalue weighted by molar-refractivity contribution is 6.30. The minimum absolute atomic E-state index is 0.0620. The second-order valence-electron chi connectivity index (χ2n) is 7.72. The van der Waals surface area contributed by atoms with Crippen LogP contribution in [0.3, 0.4) is 0 Å². The summed E-state index contributed by atoms with van der Waals surface area (Å²) in [6, 6.07) is 12.8. The zero-order chi connectivity index (χ0) is 20.4. The molecule has 0 radical (unpaired) electrons. The Labute approximate surface area is 176 Å². The molecular weight excluding hydrogens is 388 g/mol. The van der Waals surface area contributed by atoms with E-state index in [2.05, 4.69) is 11.4 Å². The first kappa shape index (κ1) is 19.9. The van der Waals surface area contributed by atoms with Crippen molar-refractivity contribution in [1.29, 1.82) is 0 Å². The van der Waals surface area contributed by atoms with Crippen molar-refractivity contribution in [2.24, 2.45) is 5.92 Å². The van der Waals surface area contributed by atoms with Gasteiger partial charge in [-0.1, -0.05) is 23.7 Å². The number of rotatable bonds is 4. The average Bonchev–Trinajstić information content (AvgIpc) is 3.17. The van der Waals surface area contributed by atoms with Crippen molar-refractivity contribution < 1.29 is 14.3 Å². The Balaban J connectivity index is 1.44. The third-order valence-corrected chi connectivity index (χ3v) is 6.04. The number of carbonyl (C=O) groups excluding carboxylic acids is 2. The SMILES string of the molecule is CC(NC(=O)c1ccc(Cl)cc1)c1ccc2c(c1)CCN2C(=O)C1CCOCC1. The predicted molar refractivity (Wildman–Crippen MR) is 113 cm³/mol. The molecular formula is C23H25ClN2O3. The highest BCUT2D eigenvalue weighted by Gasteiger charge is 2.31. The Kier molecular flexibility index (Phi) is 5.88. The van der Waals surface area contributed by atoms with Crippen LogP contribution < -0.4 is 10.2 Å². The van der Waals surface area contributed by atoms with Gasteiger partial charge in [0.25, 0.3) is 5.91 Å². The number of carbonyl (C=O) groups is 2. The van der Waals surface area contributed by atoms with Gasteiger partial charge in [-0.3, -0.25) is 9.59 Å². The second kappa shape index (κ2) is 8.56. The van der Waals surface area contributed by atoms with E-state index in [1.165, 1.54) is 0 Å². The molecule has 0 saturated carbocycles. The number of fused-ring (bicyclic) bond motifs is 1. The van der Waals surface area contributed by atoms with Crippen molar-refractivity contribution >= 4 is 29.1 Å². The van der Waals surface area contributed by atoms with Gasteiger partial charge in [0.2, 0.25) is 5.91 Å². The lowest BCUT2D eigenvalue weighted by Gasteiger charge is -2.27. The second-order valence-corrected chi connectivity index (χ2v) is 8.15. The van der Waals surface area contributed by atoms with Gasteiger partial charge in [0.1, 0.15) is 0 Å². The number of nitrogens with zero attached hydrogens (tertiary/aromatic N) is 1. The molecule has 2 heterocycles. The lowest BCUT2D eigenvalue weighted by molar-refractivity contribution is -0.125. The molecule has 29 heavy (non-hydrogen) atoms. The van der Waals surface area contributed by atoms with Gasteiger partial charge in [0.05, 0.1) is 6.04 Å². The minimum atomic E-state index is -0.135. The lowest BCUT2D eigenvalue weighted by Crippen LogP contribution is -2.37. The monoisotopic (exact) mass is 412 g/mol. The van der Waals surface area contributed by atoms with Crippen LogP contribution in [0.1, 0.15) is 47.3 Å². The molecule has 0 aliphatic carbocycles. The molecule has 4 rings (SSSR count). The van der Waals surface area contributed by atoms with Gasteiger partial charge in [0.15, 0.2) is 0 Å². The van der Waals surface area contributed by atoms with Gasteiger partial charge in [-0.25, -0.2) is 0 Å². The largest absolute Gasteiger partial charge is 0.381 e. The average molecular weight is 413 g/mol. The maximum absolute atomic E-state index is 12.9. The van der Waals surface area contributed by atoms with Gasteiger partial charge >= 0.3 is 0 Å². The fourth-order valence-electron chi connectivity index (χ4n) is 4.05. The van der Waals surface area contributed by atoms with E-state index < -0.39 is 0 Å². The number of ether oxygens (including phenoxy) is 1. The normalized spacial score (nSPS) is 17.7. The third kappa shape index (κ3) is 4.31. The molecule has 1 N–H and O–H groups in total. The number of hydrogen-bond donors (Lipinski definition) is 1. The van der Waals surface area contributed by atoms with Crippen LogP contribution in [0.25, 0.3) is 0 Å². The van der Waals surface area contributed by atoms with Gasteiger partial charge < -0.3 is 15.0 Å². The Hall–Kier alpha value is -2.37. The summed E-state index contributed by atoms with van der Waals surface area (Å²) in [7, 11) is 0. The van der Waals surface area contributed by atoms with E-state index in [1.54, 1.807) is 24.3 Å². The van der Waals surface area contributed by atoms with Crippen LogP contribution in [0.2, 0.25) is 5.02 Å². The molecule has 0 bridgehead atoms. The first-order chi connectivity index (χ1) is 14.0. The van der Waals surface area contributed by atoms with E-state index in [0.29, 0.717) is 23.8 Å². The molecule has 1 fully saturated rings. The van der Waals surface area contributed by atoms with Crippen LogP contribution in [0, 0.1) is 5.92 Å². The van der Waals surface area contributed by atoms with Gasteiger partial charge in [-0.15, -0.1) is 0 Å². The zero-order valence-corrected chi connectivity index (χ0v) is 17.2. The molecule has 5 nitrogen and oxygen atoms in total. The van der Waals surface area contributed by atoms with E-state index in [-0.39, 0.29) is 23.8 Å². The van der Waals surface area contributed by atoms with E-state index in [9.17, 15) is 9.59 Å². The molecule has 2 amide bonds. The Morgan fingerprint density at radius 3 is 2.59 bits per heavy atom. The smallest absolute Gasteiger partial charge is 0.251 e.